The summed E-state index contributed by atoms with van der Waals surface area (Å²) in [6.07, 6.45) is 52.2. The van der Waals surface area contributed by atoms with Crippen LogP contribution in [0.15, 0.2) is 60.8 Å². The highest BCUT2D eigenvalue weighted by Crippen LogP contribution is 2.13. The van der Waals surface area contributed by atoms with Gasteiger partial charge in [-0.2, -0.15) is 0 Å². The molecule has 0 fully saturated rings. The Morgan fingerprint density at radius 2 is 0.709 bits per heavy atom. The Labute approximate surface area is 339 Å². The smallest absolute Gasteiger partial charge is 0.306 e. The van der Waals surface area contributed by atoms with Crippen molar-refractivity contribution in [3.8, 4) is 0 Å². The lowest BCUT2D eigenvalue weighted by atomic mass is 10.1. The van der Waals surface area contributed by atoms with Crippen molar-refractivity contribution in [2.24, 2.45) is 0 Å². The van der Waals surface area contributed by atoms with Gasteiger partial charge in [0, 0.05) is 19.3 Å². The molecule has 0 heterocycles. The molecular formula is C49H84O6. The first-order valence-electron chi connectivity index (χ1n) is 22.8. The molecule has 0 bridgehead atoms. The number of carbonyl (C=O) groups is 3. The Balaban J connectivity index is 4.33. The molecule has 1 atom stereocenters. The average molecular weight is 769 g/mol. The lowest BCUT2D eigenvalue weighted by molar-refractivity contribution is -0.167. The van der Waals surface area contributed by atoms with Crippen molar-refractivity contribution >= 4 is 17.9 Å². The zero-order valence-corrected chi connectivity index (χ0v) is 35.9. The second-order valence-corrected chi connectivity index (χ2v) is 14.9. The molecule has 0 aliphatic rings. The Morgan fingerprint density at radius 3 is 1.13 bits per heavy atom. The summed E-state index contributed by atoms with van der Waals surface area (Å²) in [5.41, 5.74) is 0. The number of hydrogen-bond donors (Lipinski definition) is 0. The Morgan fingerprint density at radius 1 is 0.382 bits per heavy atom. The van der Waals surface area contributed by atoms with Crippen molar-refractivity contribution in [2.75, 3.05) is 13.2 Å². The first-order valence-corrected chi connectivity index (χ1v) is 22.8. The van der Waals surface area contributed by atoms with E-state index >= 15 is 0 Å². The first kappa shape index (κ1) is 52.1. The zero-order chi connectivity index (χ0) is 40.1. The normalized spacial score (nSPS) is 12.6. The Kier molecular flexibility index (Phi) is 41.5. The van der Waals surface area contributed by atoms with Crippen LogP contribution in [0.25, 0.3) is 0 Å². The third-order valence-electron chi connectivity index (χ3n) is 9.51. The fourth-order valence-corrected chi connectivity index (χ4v) is 6.07. The third-order valence-corrected chi connectivity index (χ3v) is 9.51. The van der Waals surface area contributed by atoms with Crippen molar-refractivity contribution in [1.82, 2.24) is 0 Å². The summed E-state index contributed by atoms with van der Waals surface area (Å²) >= 11 is 0. The van der Waals surface area contributed by atoms with E-state index in [2.05, 4.69) is 81.5 Å². The zero-order valence-electron chi connectivity index (χ0n) is 35.9. The molecule has 1 unspecified atom stereocenters. The highest BCUT2D eigenvalue weighted by Gasteiger charge is 2.19. The second-order valence-electron chi connectivity index (χ2n) is 14.9. The molecule has 6 heteroatoms. The van der Waals surface area contributed by atoms with Gasteiger partial charge in [0.15, 0.2) is 6.10 Å². The van der Waals surface area contributed by atoms with Gasteiger partial charge < -0.3 is 14.2 Å². The highest BCUT2D eigenvalue weighted by molar-refractivity contribution is 5.71. The molecule has 0 radical (unpaired) electrons. The van der Waals surface area contributed by atoms with Crippen LogP contribution in [0.4, 0.5) is 0 Å². The van der Waals surface area contributed by atoms with Gasteiger partial charge >= 0.3 is 17.9 Å². The molecule has 55 heavy (non-hydrogen) atoms. The molecule has 0 spiro atoms. The van der Waals surface area contributed by atoms with E-state index in [-0.39, 0.29) is 31.1 Å². The van der Waals surface area contributed by atoms with Crippen LogP contribution < -0.4 is 0 Å². The maximum atomic E-state index is 12.7. The van der Waals surface area contributed by atoms with E-state index in [0.717, 1.165) is 109 Å². The molecule has 0 aliphatic carbocycles. The van der Waals surface area contributed by atoms with E-state index in [0.29, 0.717) is 19.3 Å². The summed E-state index contributed by atoms with van der Waals surface area (Å²) in [6.45, 7) is 6.41. The molecular weight excluding hydrogens is 685 g/mol. The molecule has 316 valence electrons. The van der Waals surface area contributed by atoms with E-state index in [1.807, 2.05) is 0 Å². The van der Waals surface area contributed by atoms with Crippen LogP contribution in [0, 0.1) is 0 Å². The largest absolute Gasteiger partial charge is 0.462 e. The van der Waals surface area contributed by atoms with Crippen LogP contribution >= 0.6 is 0 Å². The Bertz CT molecular complexity index is 1020. The standard InChI is InChI=1S/C49H84O6/c1-4-7-10-13-16-18-20-22-24-25-26-28-29-31-33-36-39-42-48(51)54-45-46(44-53-47(50)41-38-35-15-12-9-6-3)55-49(52)43-40-37-34-32-30-27-23-21-19-17-14-11-8-5-2/h7,10,16,18,21-24,26,28,46H,4-6,8-9,11-15,17,19-20,25,27,29-45H2,1-3H3/b10-7-,18-16-,23-21-,24-22-,28-26-. The summed E-state index contributed by atoms with van der Waals surface area (Å²) in [7, 11) is 0. The number of unbranched alkanes of at least 4 members (excludes halogenated alkanes) is 19. The minimum atomic E-state index is -0.783. The molecule has 6 nitrogen and oxygen atoms in total. The van der Waals surface area contributed by atoms with E-state index in [1.54, 1.807) is 0 Å². The number of hydrogen-bond acceptors (Lipinski definition) is 6. The molecule has 0 N–H and O–H groups in total. The lowest BCUT2D eigenvalue weighted by Crippen LogP contribution is -2.30. The fourth-order valence-electron chi connectivity index (χ4n) is 6.07. The molecule has 0 aromatic rings. The van der Waals surface area contributed by atoms with Crippen LogP contribution in [-0.2, 0) is 28.6 Å². The van der Waals surface area contributed by atoms with Crippen molar-refractivity contribution in [1.29, 1.82) is 0 Å². The Hall–Kier alpha value is -2.89. The van der Waals surface area contributed by atoms with Gasteiger partial charge in [0.05, 0.1) is 0 Å². The van der Waals surface area contributed by atoms with Gasteiger partial charge in [0.2, 0.25) is 0 Å². The maximum Gasteiger partial charge on any atom is 0.306 e. The topological polar surface area (TPSA) is 78.9 Å². The number of allylic oxidation sites excluding steroid dienone is 10. The summed E-state index contributed by atoms with van der Waals surface area (Å²) in [5.74, 6) is -0.932. The van der Waals surface area contributed by atoms with Crippen LogP contribution in [-0.4, -0.2) is 37.2 Å². The average Bonchev–Trinajstić information content (AvgIpc) is 3.18. The van der Waals surface area contributed by atoms with E-state index in [9.17, 15) is 14.4 Å². The molecule has 0 rings (SSSR count). The van der Waals surface area contributed by atoms with Gasteiger partial charge in [-0.05, 0) is 83.5 Å². The first-order chi connectivity index (χ1) is 27.0. The van der Waals surface area contributed by atoms with Crippen LogP contribution in [0.3, 0.4) is 0 Å². The quantitative estimate of drug-likeness (QED) is 0.0267. The van der Waals surface area contributed by atoms with Crippen molar-refractivity contribution < 1.29 is 28.6 Å². The summed E-state index contributed by atoms with van der Waals surface area (Å²) in [4.78, 5) is 37.6. The molecule has 0 aromatic carbocycles. The fraction of sp³-hybridized carbons (Fsp3) is 0.735. The summed E-state index contributed by atoms with van der Waals surface area (Å²) in [6, 6.07) is 0. The molecule has 0 saturated carbocycles. The number of esters is 3. The van der Waals surface area contributed by atoms with E-state index in [1.165, 1.54) is 64.2 Å². The second kappa shape index (κ2) is 43.8. The summed E-state index contributed by atoms with van der Waals surface area (Å²) < 4.78 is 16.6. The van der Waals surface area contributed by atoms with Crippen LogP contribution in [0.2, 0.25) is 0 Å². The van der Waals surface area contributed by atoms with Crippen molar-refractivity contribution in [2.45, 2.75) is 219 Å². The molecule has 0 saturated heterocycles. The van der Waals surface area contributed by atoms with Crippen molar-refractivity contribution in [3.63, 3.8) is 0 Å². The van der Waals surface area contributed by atoms with E-state index in [4.69, 9.17) is 14.2 Å². The van der Waals surface area contributed by atoms with Gasteiger partial charge in [0.1, 0.15) is 13.2 Å². The molecule has 0 aliphatic heterocycles. The van der Waals surface area contributed by atoms with Crippen LogP contribution in [0.1, 0.15) is 213 Å². The number of carbonyl (C=O) groups excluding carboxylic acids is 3. The number of ether oxygens (including phenoxy) is 3. The summed E-state index contributed by atoms with van der Waals surface area (Å²) in [5, 5.41) is 0. The highest BCUT2D eigenvalue weighted by atomic mass is 16.6. The van der Waals surface area contributed by atoms with Gasteiger partial charge in [-0.25, -0.2) is 0 Å². The SMILES string of the molecule is CC/C=C\C/C=C\C/C=C\C/C=C\CCCCCCC(=O)OCC(COC(=O)CCCCCCCC)OC(=O)CCCCCCC/C=C\CCCCCCC. The lowest BCUT2D eigenvalue weighted by Gasteiger charge is -2.18. The van der Waals surface area contributed by atoms with Gasteiger partial charge in [0.25, 0.3) is 0 Å². The maximum absolute atomic E-state index is 12.7. The predicted molar refractivity (Wildman–Crippen MR) is 233 cm³/mol. The van der Waals surface area contributed by atoms with Gasteiger partial charge in [-0.15, -0.1) is 0 Å². The van der Waals surface area contributed by atoms with Crippen LogP contribution in [0.5, 0.6) is 0 Å². The molecule has 0 aromatic heterocycles. The predicted octanol–water partition coefficient (Wildman–Crippen LogP) is 14.5. The van der Waals surface area contributed by atoms with Gasteiger partial charge in [-0.1, -0.05) is 171 Å². The minimum Gasteiger partial charge on any atom is -0.462 e. The minimum absolute atomic E-state index is 0.0861. The number of rotatable bonds is 40. The van der Waals surface area contributed by atoms with Crippen molar-refractivity contribution in [3.05, 3.63) is 60.8 Å². The monoisotopic (exact) mass is 769 g/mol. The van der Waals surface area contributed by atoms with Gasteiger partial charge in [-0.3, -0.25) is 14.4 Å². The third kappa shape index (κ3) is 42.1. The molecule has 0 amide bonds. The van der Waals surface area contributed by atoms with E-state index < -0.39 is 6.10 Å².